The highest BCUT2D eigenvalue weighted by molar-refractivity contribution is 5.81. The third-order valence-electron chi connectivity index (χ3n) is 2.22. The minimum atomic E-state index is -0.400. The van der Waals surface area contributed by atoms with E-state index >= 15 is 0 Å². The monoisotopic (exact) mass is 200 g/mol. The van der Waals surface area contributed by atoms with Gasteiger partial charge in [-0.05, 0) is 26.2 Å². The number of hydrogen-bond acceptors (Lipinski definition) is 2. The highest BCUT2D eigenvalue weighted by atomic mass is 16.2. The third kappa shape index (κ3) is 6.89. The van der Waals surface area contributed by atoms with Crippen LogP contribution in [0.3, 0.4) is 0 Å². The van der Waals surface area contributed by atoms with Crippen LogP contribution in [-0.2, 0) is 4.79 Å². The summed E-state index contributed by atoms with van der Waals surface area (Å²) >= 11 is 0. The Morgan fingerprint density at radius 3 is 2.21 bits per heavy atom. The molecule has 0 heterocycles. The van der Waals surface area contributed by atoms with E-state index in [2.05, 4.69) is 19.2 Å². The Balaban J connectivity index is 3.55. The minimum Gasteiger partial charge on any atom is -0.352 e. The molecule has 2 atom stereocenters. The van der Waals surface area contributed by atoms with Gasteiger partial charge < -0.3 is 11.1 Å². The van der Waals surface area contributed by atoms with Gasteiger partial charge in [0, 0.05) is 6.04 Å². The first-order chi connectivity index (χ1) is 6.43. The van der Waals surface area contributed by atoms with Gasteiger partial charge in [-0.15, -0.1) is 0 Å². The van der Waals surface area contributed by atoms with Gasteiger partial charge in [0.25, 0.3) is 0 Å². The molecule has 14 heavy (non-hydrogen) atoms. The predicted octanol–water partition coefficient (Wildman–Crippen LogP) is 1.66. The van der Waals surface area contributed by atoms with E-state index in [0.29, 0.717) is 0 Å². The topological polar surface area (TPSA) is 55.1 Å². The van der Waals surface area contributed by atoms with Crippen molar-refractivity contribution in [3.8, 4) is 0 Å². The molecular formula is C11H24N2O. The van der Waals surface area contributed by atoms with Gasteiger partial charge >= 0.3 is 0 Å². The quantitative estimate of drug-likeness (QED) is 0.685. The van der Waals surface area contributed by atoms with E-state index in [9.17, 15) is 4.79 Å². The predicted molar refractivity (Wildman–Crippen MR) is 59.9 cm³/mol. The minimum absolute atomic E-state index is 0.0537. The van der Waals surface area contributed by atoms with Crippen molar-refractivity contribution in [1.29, 1.82) is 0 Å². The maximum atomic E-state index is 11.2. The van der Waals surface area contributed by atoms with Crippen molar-refractivity contribution >= 4 is 5.91 Å². The molecule has 0 aromatic carbocycles. The first-order valence-electron chi connectivity index (χ1n) is 5.49. The Morgan fingerprint density at radius 2 is 1.79 bits per heavy atom. The van der Waals surface area contributed by atoms with E-state index in [1.807, 2.05) is 6.92 Å². The SMILES string of the molecule is CC(C)CCCC(C)NC(=O)[C@H](C)N. The molecule has 84 valence electrons. The molecule has 1 amide bonds. The fourth-order valence-corrected chi connectivity index (χ4v) is 1.28. The summed E-state index contributed by atoms with van der Waals surface area (Å²) in [5.41, 5.74) is 5.45. The van der Waals surface area contributed by atoms with Gasteiger partial charge in [-0.25, -0.2) is 0 Å². The second-order valence-corrected chi connectivity index (χ2v) is 4.52. The average molecular weight is 200 g/mol. The molecule has 0 spiro atoms. The number of rotatable bonds is 6. The van der Waals surface area contributed by atoms with Gasteiger partial charge in [0.05, 0.1) is 6.04 Å². The van der Waals surface area contributed by atoms with Crippen molar-refractivity contribution in [2.45, 2.75) is 59.0 Å². The first kappa shape index (κ1) is 13.4. The Hall–Kier alpha value is -0.570. The first-order valence-corrected chi connectivity index (χ1v) is 5.49. The lowest BCUT2D eigenvalue weighted by atomic mass is 10.0. The van der Waals surface area contributed by atoms with Crippen LogP contribution in [0, 0.1) is 5.92 Å². The van der Waals surface area contributed by atoms with Crippen molar-refractivity contribution in [3.05, 3.63) is 0 Å². The summed E-state index contributed by atoms with van der Waals surface area (Å²) in [5.74, 6) is 0.688. The largest absolute Gasteiger partial charge is 0.352 e. The molecule has 0 aliphatic rings. The molecule has 0 aliphatic heterocycles. The summed E-state index contributed by atoms with van der Waals surface area (Å²) in [5, 5.41) is 2.89. The molecule has 0 aromatic rings. The number of amides is 1. The molecule has 0 aliphatic carbocycles. The van der Waals surface area contributed by atoms with Gasteiger partial charge in [-0.3, -0.25) is 4.79 Å². The number of carbonyl (C=O) groups is 1. The Labute approximate surface area is 87.4 Å². The van der Waals surface area contributed by atoms with E-state index in [1.54, 1.807) is 6.92 Å². The molecule has 3 N–H and O–H groups in total. The van der Waals surface area contributed by atoms with Crippen LogP contribution in [-0.4, -0.2) is 18.0 Å². The van der Waals surface area contributed by atoms with E-state index in [4.69, 9.17) is 5.73 Å². The van der Waals surface area contributed by atoms with Crippen LogP contribution in [0.15, 0.2) is 0 Å². The van der Waals surface area contributed by atoms with Crippen molar-refractivity contribution in [1.82, 2.24) is 5.32 Å². The average Bonchev–Trinajstić information content (AvgIpc) is 2.02. The van der Waals surface area contributed by atoms with Gasteiger partial charge in [0.1, 0.15) is 0 Å². The second kappa shape index (κ2) is 6.82. The lowest BCUT2D eigenvalue weighted by molar-refractivity contribution is -0.122. The van der Waals surface area contributed by atoms with Gasteiger partial charge in [-0.1, -0.05) is 26.7 Å². The number of nitrogens with one attached hydrogen (secondary N) is 1. The number of hydrogen-bond donors (Lipinski definition) is 2. The summed E-state index contributed by atoms with van der Waals surface area (Å²) in [6, 6.07) is -0.158. The molecule has 0 radical (unpaired) electrons. The Morgan fingerprint density at radius 1 is 1.21 bits per heavy atom. The zero-order valence-corrected chi connectivity index (χ0v) is 9.84. The molecule has 0 aromatic heterocycles. The normalized spacial score (nSPS) is 15.3. The maximum Gasteiger partial charge on any atom is 0.236 e. The molecule has 0 saturated heterocycles. The molecule has 1 unspecified atom stereocenters. The lowest BCUT2D eigenvalue weighted by Crippen LogP contribution is -2.42. The van der Waals surface area contributed by atoms with Crippen LogP contribution in [0.25, 0.3) is 0 Å². The zero-order chi connectivity index (χ0) is 11.1. The third-order valence-corrected chi connectivity index (χ3v) is 2.22. The summed E-state index contributed by atoms with van der Waals surface area (Å²) in [4.78, 5) is 11.2. The van der Waals surface area contributed by atoms with Crippen molar-refractivity contribution in [2.24, 2.45) is 11.7 Å². The summed E-state index contributed by atoms with van der Waals surface area (Å²) in [6.45, 7) is 8.16. The van der Waals surface area contributed by atoms with Crippen LogP contribution < -0.4 is 11.1 Å². The van der Waals surface area contributed by atoms with Crippen molar-refractivity contribution in [3.63, 3.8) is 0 Å². The molecular weight excluding hydrogens is 176 g/mol. The van der Waals surface area contributed by atoms with E-state index in [0.717, 1.165) is 18.8 Å². The fourth-order valence-electron chi connectivity index (χ4n) is 1.28. The molecule has 0 rings (SSSR count). The van der Waals surface area contributed by atoms with Crippen LogP contribution in [0.4, 0.5) is 0 Å². The molecule has 3 heteroatoms. The van der Waals surface area contributed by atoms with Crippen LogP contribution in [0.5, 0.6) is 0 Å². The van der Waals surface area contributed by atoms with Crippen LogP contribution >= 0.6 is 0 Å². The van der Waals surface area contributed by atoms with Crippen molar-refractivity contribution < 1.29 is 4.79 Å². The summed E-state index contributed by atoms with van der Waals surface area (Å²) in [6.07, 6.45) is 3.42. The van der Waals surface area contributed by atoms with Crippen LogP contribution in [0.2, 0.25) is 0 Å². The summed E-state index contributed by atoms with van der Waals surface area (Å²) < 4.78 is 0. The summed E-state index contributed by atoms with van der Waals surface area (Å²) in [7, 11) is 0. The molecule has 0 fully saturated rings. The Bertz CT molecular complexity index is 167. The zero-order valence-electron chi connectivity index (χ0n) is 9.84. The van der Waals surface area contributed by atoms with E-state index in [1.165, 1.54) is 6.42 Å². The highest BCUT2D eigenvalue weighted by Gasteiger charge is 2.10. The second-order valence-electron chi connectivity index (χ2n) is 4.52. The smallest absolute Gasteiger partial charge is 0.236 e. The number of nitrogens with two attached hydrogens (primary N) is 1. The van der Waals surface area contributed by atoms with Gasteiger partial charge in [0.2, 0.25) is 5.91 Å². The maximum absolute atomic E-state index is 11.2. The van der Waals surface area contributed by atoms with Gasteiger partial charge in [0.15, 0.2) is 0 Å². The lowest BCUT2D eigenvalue weighted by Gasteiger charge is -2.15. The molecule has 0 saturated carbocycles. The van der Waals surface area contributed by atoms with E-state index < -0.39 is 6.04 Å². The van der Waals surface area contributed by atoms with Crippen LogP contribution in [0.1, 0.15) is 47.0 Å². The standard InChI is InChI=1S/C11H24N2O/c1-8(2)6-5-7-9(3)13-11(14)10(4)12/h8-10H,5-7,12H2,1-4H3,(H,13,14)/t9?,10-/m0/s1. The molecule has 0 bridgehead atoms. The Kier molecular flexibility index (Phi) is 6.54. The molecule has 3 nitrogen and oxygen atoms in total. The van der Waals surface area contributed by atoms with Crippen molar-refractivity contribution in [2.75, 3.05) is 0 Å². The number of carbonyl (C=O) groups excluding carboxylic acids is 1. The fraction of sp³-hybridized carbons (Fsp3) is 0.909. The van der Waals surface area contributed by atoms with Gasteiger partial charge in [-0.2, -0.15) is 0 Å². The highest BCUT2D eigenvalue weighted by Crippen LogP contribution is 2.08. The van der Waals surface area contributed by atoms with E-state index in [-0.39, 0.29) is 11.9 Å².